The van der Waals surface area contributed by atoms with Gasteiger partial charge in [0.05, 0.1) is 4.90 Å². The number of primary sulfonamides is 1. The average Bonchev–Trinajstić information content (AvgIpc) is 2.30. The molecule has 2 N–H and O–H groups in total. The number of hydrogen-bond donors (Lipinski definition) is 1. The van der Waals surface area contributed by atoms with Crippen LogP contribution < -0.4 is 5.14 Å². The fraction of sp³-hybridized carbons (Fsp3) is 0.500. The molecule has 1 fully saturated rings. The monoisotopic (exact) mass is 254 g/mol. The van der Waals surface area contributed by atoms with Crippen molar-refractivity contribution in [3.8, 4) is 0 Å². The van der Waals surface area contributed by atoms with E-state index in [-0.39, 0.29) is 4.90 Å². The van der Waals surface area contributed by atoms with Crippen LogP contribution >= 0.6 is 0 Å². The van der Waals surface area contributed by atoms with Crippen LogP contribution in [0.5, 0.6) is 0 Å². The van der Waals surface area contributed by atoms with E-state index in [1.54, 1.807) is 12.1 Å². The highest BCUT2D eigenvalue weighted by molar-refractivity contribution is 7.89. The van der Waals surface area contributed by atoms with E-state index in [1.807, 2.05) is 12.1 Å². The molecule has 0 spiro atoms. The fourth-order valence-electron chi connectivity index (χ4n) is 2.16. The molecular weight excluding hydrogens is 236 g/mol. The summed E-state index contributed by atoms with van der Waals surface area (Å²) in [6.45, 7) is 3.17. The SMILES string of the molecule is NS(=O)(=O)c1ccc(CN2CCCCC2)cc1. The van der Waals surface area contributed by atoms with Gasteiger partial charge in [0.15, 0.2) is 0 Å². The molecule has 0 aliphatic carbocycles. The lowest BCUT2D eigenvalue weighted by Crippen LogP contribution is -2.29. The minimum atomic E-state index is -3.57. The van der Waals surface area contributed by atoms with Crippen LogP contribution in [-0.4, -0.2) is 26.4 Å². The van der Waals surface area contributed by atoms with Gasteiger partial charge in [-0.25, -0.2) is 13.6 Å². The molecule has 0 aromatic heterocycles. The van der Waals surface area contributed by atoms with E-state index in [9.17, 15) is 8.42 Å². The predicted molar refractivity (Wildman–Crippen MR) is 66.9 cm³/mol. The zero-order chi connectivity index (χ0) is 12.3. The zero-order valence-corrected chi connectivity index (χ0v) is 10.6. The smallest absolute Gasteiger partial charge is 0.238 e. The second-order valence-electron chi connectivity index (χ2n) is 4.53. The third kappa shape index (κ3) is 3.52. The van der Waals surface area contributed by atoms with E-state index in [0.717, 1.165) is 25.2 Å². The van der Waals surface area contributed by atoms with E-state index in [0.29, 0.717) is 0 Å². The number of likely N-dealkylation sites (tertiary alicyclic amines) is 1. The highest BCUT2D eigenvalue weighted by atomic mass is 32.2. The average molecular weight is 254 g/mol. The van der Waals surface area contributed by atoms with Crippen molar-refractivity contribution in [2.24, 2.45) is 5.14 Å². The van der Waals surface area contributed by atoms with Crippen molar-refractivity contribution >= 4 is 10.0 Å². The van der Waals surface area contributed by atoms with Gasteiger partial charge < -0.3 is 0 Å². The van der Waals surface area contributed by atoms with Crippen molar-refractivity contribution < 1.29 is 8.42 Å². The van der Waals surface area contributed by atoms with Crippen LogP contribution in [-0.2, 0) is 16.6 Å². The Morgan fingerprint density at radius 3 is 2.18 bits per heavy atom. The Morgan fingerprint density at radius 2 is 1.65 bits per heavy atom. The molecule has 1 aromatic carbocycles. The Morgan fingerprint density at radius 1 is 1.06 bits per heavy atom. The van der Waals surface area contributed by atoms with Crippen molar-refractivity contribution in [3.05, 3.63) is 29.8 Å². The Hall–Kier alpha value is -0.910. The lowest BCUT2D eigenvalue weighted by Gasteiger charge is -2.26. The number of rotatable bonds is 3. The van der Waals surface area contributed by atoms with Crippen LogP contribution in [0.1, 0.15) is 24.8 Å². The van der Waals surface area contributed by atoms with Gasteiger partial charge in [-0.05, 0) is 43.6 Å². The van der Waals surface area contributed by atoms with Gasteiger partial charge in [0.1, 0.15) is 0 Å². The topological polar surface area (TPSA) is 63.4 Å². The van der Waals surface area contributed by atoms with Crippen LogP contribution in [0.15, 0.2) is 29.2 Å². The largest absolute Gasteiger partial charge is 0.299 e. The van der Waals surface area contributed by atoms with Crippen molar-refractivity contribution in [1.29, 1.82) is 0 Å². The molecule has 1 aromatic rings. The Bertz CT molecular complexity index is 462. The van der Waals surface area contributed by atoms with Crippen LogP contribution in [0.2, 0.25) is 0 Å². The molecule has 1 aliphatic heterocycles. The molecule has 0 atom stereocenters. The van der Waals surface area contributed by atoms with Gasteiger partial charge in [0.25, 0.3) is 0 Å². The summed E-state index contributed by atoms with van der Waals surface area (Å²) in [7, 11) is -3.57. The molecule has 1 heterocycles. The maximum Gasteiger partial charge on any atom is 0.238 e. The van der Waals surface area contributed by atoms with Crippen LogP contribution in [0.3, 0.4) is 0 Å². The first-order valence-corrected chi connectivity index (χ1v) is 7.44. The van der Waals surface area contributed by atoms with E-state index in [4.69, 9.17) is 5.14 Å². The summed E-state index contributed by atoms with van der Waals surface area (Å²) >= 11 is 0. The normalized spacial score (nSPS) is 18.2. The number of benzene rings is 1. The molecule has 17 heavy (non-hydrogen) atoms. The zero-order valence-electron chi connectivity index (χ0n) is 9.80. The quantitative estimate of drug-likeness (QED) is 0.885. The third-order valence-corrected chi connectivity index (χ3v) is 4.04. The van der Waals surface area contributed by atoms with E-state index in [1.165, 1.54) is 19.3 Å². The van der Waals surface area contributed by atoms with Gasteiger partial charge in [0.2, 0.25) is 10.0 Å². The van der Waals surface area contributed by atoms with E-state index in [2.05, 4.69) is 4.90 Å². The molecule has 1 saturated heterocycles. The van der Waals surface area contributed by atoms with Crippen LogP contribution in [0.4, 0.5) is 0 Å². The Balaban J connectivity index is 2.03. The summed E-state index contributed by atoms with van der Waals surface area (Å²) in [5, 5.41) is 5.05. The van der Waals surface area contributed by atoms with Crippen molar-refractivity contribution in [1.82, 2.24) is 4.90 Å². The molecule has 4 nitrogen and oxygen atoms in total. The molecule has 5 heteroatoms. The number of hydrogen-bond acceptors (Lipinski definition) is 3. The number of sulfonamides is 1. The standard InChI is InChI=1S/C12H18N2O2S/c13-17(15,16)12-6-4-11(5-7-12)10-14-8-2-1-3-9-14/h4-7H,1-3,8-10H2,(H2,13,15,16). The number of nitrogens with zero attached hydrogens (tertiary/aromatic N) is 1. The molecule has 0 amide bonds. The van der Waals surface area contributed by atoms with Crippen LogP contribution in [0.25, 0.3) is 0 Å². The second kappa shape index (κ2) is 5.16. The Kier molecular flexibility index (Phi) is 3.81. The first-order chi connectivity index (χ1) is 8.05. The van der Waals surface area contributed by atoms with E-state index < -0.39 is 10.0 Å². The molecule has 0 saturated carbocycles. The summed E-state index contributed by atoms with van der Waals surface area (Å²) in [5.41, 5.74) is 1.14. The number of nitrogens with two attached hydrogens (primary N) is 1. The molecule has 2 rings (SSSR count). The first kappa shape index (κ1) is 12.5. The lowest BCUT2D eigenvalue weighted by atomic mass is 10.1. The van der Waals surface area contributed by atoms with Gasteiger partial charge in [-0.1, -0.05) is 18.6 Å². The molecule has 0 unspecified atom stereocenters. The summed E-state index contributed by atoms with van der Waals surface area (Å²) in [4.78, 5) is 2.58. The molecule has 1 aliphatic rings. The highest BCUT2D eigenvalue weighted by Crippen LogP contribution is 2.14. The number of piperidine rings is 1. The molecule has 0 bridgehead atoms. The van der Waals surface area contributed by atoms with Crippen molar-refractivity contribution in [2.45, 2.75) is 30.7 Å². The third-order valence-electron chi connectivity index (χ3n) is 3.11. The van der Waals surface area contributed by atoms with Crippen molar-refractivity contribution in [2.75, 3.05) is 13.1 Å². The maximum absolute atomic E-state index is 11.1. The van der Waals surface area contributed by atoms with Gasteiger partial charge in [-0.15, -0.1) is 0 Å². The van der Waals surface area contributed by atoms with Gasteiger partial charge in [0, 0.05) is 6.54 Å². The Labute approximate surface area is 102 Å². The highest BCUT2D eigenvalue weighted by Gasteiger charge is 2.11. The fourth-order valence-corrected chi connectivity index (χ4v) is 2.68. The molecule has 94 valence electrons. The van der Waals surface area contributed by atoms with Gasteiger partial charge >= 0.3 is 0 Å². The summed E-state index contributed by atoms with van der Waals surface area (Å²) in [6, 6.07) is 6.84. The van der Waals surface area contributed by atoms with Crippen molar-refractivity contribution in [3.63, 3.8) is 0 Å². The summed E-state index contributed by atoms with van der Waals surface area (Å²) < 4.78 is 22.2. The maximum atomic E-state index is 11.1. The van der Waals surface area contributed by atoms with Gasteiger partial charge in [-0.3, -0.25) is 4.90 Å². The summed E-state index contributed by atoms with van der Waals surface area (Å²) in [5.74, 6) is 0. The second-order valence-corrected chi connectivity index (χ2v) is 6.09. The molecule has 0 radical (unpaired) electrons. The predicted octanol–water partition coefficient (Wildman–Crippen LogP) is 1.32. The minimum absolute atomic E-state index is 0.180. The first-order valence-electron chi connectivity index (χ1n) is 5.90. The van der Waals surface area contributed by atoms with E-state index >= 15 is 0 Å². The van der Waals surface area contributed by atoms with Gasteiger partial charge in [-0.2, -0.15) is 0 Å². The lowest BCUT2D eigenvalue weighted by molar-refractivity contribution is 0.221. The van der Waals surface area contributed by atoms with Crippen LogP contribution in [0, 0.1) is 0 Å². The minimum Gasteiger partial charge on any atom is -0.299 e. The molecular formula is C12H18N2O2S. The summed E-state index contributed by atoms with van der Waals surface area (Å²) in [6.07, 6.45) is 3.84.